The van der Waals surface area contributed by atoms with Gasteiger partial charge >= 0.3 is 6.18 Å². The van der Waals surface area contributed by atoms with E-state index in [1.807, 2.05) is 6.92 Å². The molecule has 0 saturated carbocycles. The number of aryl methyl sites for hydroxylation is 1. The van der Waals surface area contributed by atoms with Crippen molar-refractivity contribution < 1.29 is 32.0 Å². The summed E-state index contributed by atoms with van der Waals surface area (Å²) in [7, 11) is 0. The first-order chi connectivity index (χ1) is 18.5. The van der Waals surface area contributed by atoms with Crippen LogP contribution in [0.3, 0.4) is 0 Å². The molecule has 202 valence electrons. The van der Waals surface area contributed by atoms with Gasteiger partial charge in [0.1, 0.15) is 21.2 Å². The molecular formula is C25H20F4N6O3S. The van der Waals surface area contributed by atoms with Crippen LogP contribution in [-0.4, -0.2) is 38.4 Å². The minimum Gasteiger partial charge on any atom is -0.382 e. The number of rotatable bonds is 6. The molecule has 4 heterocycles. The van der Waals surface area contributed by atoms with Crippen LogP contribution in [-0.2, 0) is 22.4 Å². The minimum absolute atomic E-state index is 0.0388. The smallest absolute Gasteiger partial charge is 0.382 e. The van der Waals surface area contributed by atoms with E-state index in [0.29, 0.717) is 40.4 Å². The fraction of sp³-hybridized carbons (Fsp3) is 0.240. The molecular weight excluding hydrogens is 540 g/mol. The molecule has 9 nitrogen and oxygen atoms in total. The van der Waals surface area contributed by atoms with E-state index in [2.05, 4.69) is 20.6 Å². The first-order valence-electron chi connectivity index (χ1n) is 11.6. The Bertz CT molecular complexity index is 1640. The Morgan fingerprint density at radius 3 is 2.56 bits per heavy atom. The number of hydrogen-bond acceptors (Lipinski definition) is 7. The molecule has 1 aliphatic rings. The van der Waals surface area contributed by atoms with Crippen LogP contribution in [0.2, 0.25) is 0 Å². The minimum atomic E-state index is -4.77. The summed E-state index contributed by atoms with van der Waals surface area (Å²) >= 11 is 0.640. The topological polar surface area (TPSA) is 124 Å². The highest BCUT2D eigenvalue weighted by Crippen LogP contribution is 2.44. The number of fused-ring (bicyclic) bond motifs is 1. The van der Waals surface area contributed by atoms with E-state index in [1.54, 1.807) is 11.6 Å². The van der Waals surface area contributed by atoms with E-state index in [9.17, 15) is 27.2 Å². The number of hydrogen-bond donors (Lipinski definition) is 2. The van der Waals surface area contributed by atoms with Gasteiger partial charge in [0.15, 0.2) is 0 Å². The van der Waals surface area contributed by atoms with Crippen LogP contribution >= 0.6 is 11.3 Å². The van der Waals surface area contributed by atoms with E-state index in [1.165, 1.54) is 30.5 Å². The van der Waals surface area contributed by atoms with E-state index >= 15 is 0 Å². The number of benzene rings is 1. The molecule has 4 aromatic rings. The molecule has 0 aliphatic carbocycles. The number of nitrogens with two attached hydrogens (primary N) is 1. The van der Waals surface area contributed by atoms with Gasteiger partial charge in [-0.05, 0) is 43.2 Å². The molecule has 3 N–H and O–H groups in total. The second-order valence-electron chi connectivity index (χ2n) is 8.70. The third kappa shape index (κ3) is 4.82. The number of carbonyl (C=O) groups is 2. The average molecular weight is 561 g/mol. The van der Waals surface area contributed by atoms with Gasteiger partial charge in [-0.15, -0.1) is 11.3 Å². The predicted octanol–water partition coefficient (Wildman–Crippen LogP) is 4.88. The Hall–Kier alpha value is -4.33. The van der Waals surface area contributed by atoms with Gasteiger partial charge in [0, 0.05) is 29.6 Å². The van der Waals surface area contributed by atoms with Crippen molar-refractivity contribution in [3.8, 4) is 11.1 Å². The standard InChI is InChI=1S/C25H20F4N6O3S/c1-3-35-11(2)15(10-31-35)14-8-18(25(27,28)29)32-24-19(14)20(21(39-24)22(30)36)33-23(37)17-9-16(34-38-17)12-4-6-13(26)7-5-12/h4-8,10,17H,3,9H2,1-2H3,(H2,30,36)(H,33,37). The number of alkyl halides is 3. The molecule has 14 heteroatoms. The predicted molar refractivity (Wildman–Crippen MR) is 136 cm³/mol. The number of carbonyl (C=O) groups excluding carboxylic acids is 2. The lowest BCUT2D eigenvalue weighted by Gasteiger charge is -2.13. The van der Waals surface area contributed by atoms with Gasteiger partial charge < -0.3 is 15.9 Å². The van der Waals surface area contributed by atoms with Crippen LogP contribution in [0.25, 0.3) is 21.3 Å². The van der Waals surface area contributed by atoms with E-state index in [0.717, 1.165) is 6.07 Å². The SMILES string of the molecule is CCn1ncc(-c2cc(C(F)(F)F)nc3sc(C(N)=O)c(NC(=O)C4CC(c5ccc(F)cc5)=NO4)c23)c1C. The quantitative estimate of drug-likeness (QED) is 0.326. The molecule has 1 atom stereocenters. The number of primary amides is 1. The van der Waals surface area contributed by atoms with Gasteiger partial charge in [-0.25, -0.2) is 9.37 Å². The van der Waals surface area contributed by atoms with Gasteiger partial charge in [0.2, 0.25) is 6.10 Å². The second kappa shape index (κ2) is 9.76. The molecule has 1 aliphatic heterocycles. The molecule has 0 spiro atoms. The van der Waals surface area contributed by atoms with Gasteiger partial charge in [-0.1, -0.05) is 17.3 Å². The third-order valence-corrected chi connectivity index (χ3v) is 7.35. The normalized spacial score (nSPS) is 15.3. The molecule has 0 fully saturated rings. The number of nitrogens with one attached hydrogen (secondary N) is 1. The number of amides is 2. The molecule has 5 rings (SSSR count). The lowest BCUT2D eigenvalue weighted by atomic mass is 10.0. The van der Waals surface area contributed by atoms with Crippen molar-refractivity contribution in [2.45, 2.75) is 39.1 Å². The zero-order valence-corrected chi connectivity index (χ0v) is 21.3. The summed E-state index contributed by atoms with van der Waals surface area (Å²) < 4.78 is 56.2. The van der Waals surface area contributed by atoms with Crippen molar-refractivity contribution in [1.29, 1.82) is 0 Å². The summed E-state index contributed by atoms with van der Waals surface area (Å²) in [6, 6.07) is 6.33. The Kier molecular flexibility index (Phi) is 6.58. The van der Waals surface area contributed by atoms with Crippen LogP contribution in [0.5, 0.6) is 0 Å². The number of halogens is 4. The summed E-state index contributed by atoms with van der Waals surface area (Å²) in [6.45, 7) is 4.01. The highest BCUT2D eigenvalue weighted by molar-refractivity contribution is 7.21. The molecule has 0 bridgehead atoms. The fourth-order valence-electron chi connectivity index (χ4n) is 4.31. The first kappa shape index (κ1) is 26.3. The van der Waals surface area contributed by atoms with Gasteiger partial charge in [0.05, 0.1) is 17.6 Å². The molecule has 39 heavy (non-hydrogen) atoms. The van der Waals surface area contributed by atoms with Gasteiger partial charge in [0.25, 0.3) is 11.8 Å². The monoisotopic (exact) mass is 560 g/mol. The second-order valence-corrected chi connectivity index (χ2v) is 9.69. The maximum absolute atomic E-state index is 13.8. The first-order valence-corrected chi connectivity index (χ1v) is 12.5. The van der Waals surface area contributed by atoms with Crippen molar-refractivity contribution in [1.82, 2.24) is 14.8 Å². The number of pyridine rings is 1. The zero-order valence-electron chi connectivity index (χ0n) is 20.5. The van der Waals surface area contributed by atoms with Crippen molar-refractivity contribution in [2.24, 2.45) is 10.9 Å². The van der Waals surface area contributed by atoms with Gasteiger partial charge in [-0.2, -0.15) is 18.3 Å². The summed E-state index contributed by atoms with van der Waals surface area (Å²) in [6.07, 6.45) is -4.43. The van der Waals surface area contributed by atoms with Gasteiger partial charge in [-0.3, -0.25) is 14.3 Å². The average Bonchev–Trinajstić information content (AvgIpc) is 3.61. The highest BCUT2D eigenvalue weighted by atomic mass is 32.1. The van der Waals surface area contributed by atoms with Crippen LogP contribution in [0, 0.1) is 12.7 Å². The van der Waals surface area contributed by atoms with Crippen molar-refractivity contribution in [2.75, 3.05) is 5.32 Å². The fourth-order valence-corrected chi connectivity index (χ4v) is 5.32. The number of nitrogens with zero attached hydrogens (tertiary/aromatic N) is 4. The summed E-state index contributed by atoms with van der Waals surface area (Å²) in [4.78, 5) is 34.3. The molecule has 0 saturated heterocycles. The Balaban J connectivity index is 1.58. The van der Waals surface area contributed by atoms with E-state index < -0.39 is 35.6 Å². The number of aromatic nitrogens is 3. The summed E-state index contributed by atoms with van der Waals surface area (Å²) in [5, 5.41) is 10.9. The largest absolute Gasteiger partial charge is 0.433 e. The Morgan fingerprint density at radius 1 is 1.23 bits per heavy atom. The Labute approximate surface area is 222 Å². The molecule has 2 amide bonds. The van der Waals surface area contributed by atoms with Crippen LogP contribution in [0.4, 0.5) is 23.2 Å². The van der Waals surface area contributed by atoms with Crippen LogP contribution in [0.1, 0.15) is 40.0 Å². The van der Waals surface area contributed by atoms with Crippen molar-refractivity contribution >= 4 is 44.8 Å². The summed E-state index contributed by atoms with van der Waals surface area (Å²) in [5.41, 5.74) is 6.31. The molecule has 0 radical (unpaired) electrons. The molecule has 1 unspecified atom stereocenters. The maximum Gasteiger partial charge on any atom is 0.433 e. The van der Waals surface area contributed by atoms with Crippen molar-refractivity contribution in [3.63, 3.8) is 0 Å². The van der Waals surface area contributed by atoms with Crippen molar-refractivity contribution in [3.05, 3.63) is 64.2 Å². The van der Waals surface area contributed by atoms with E-state index in [-0.39, 0.29) is 32.8 Å². The Morgan fingerprint density at radius 2 is 1.95 bits per heavy atom. The number of oxime groups is 1. The third-order valence-electron chi connectivity index (χ3n) is 6.26. The number of anilines is 1. The zero-order chi connectivity index (χ0) is 28.1. The lowest BCUT2D eigenvalue weighted by molar-refractivity contribution is -0.140. The highest BCUT2D eigenvalue weighted by Gasteiger charge is 2.36. The maximum atomic E-state index is 13.8. The number of thiophene rings is 1. The van der Waals surface area contributed by atoms with Crippen LogP contribution in [0.15, 0.2) is 41.7 Å². The molecule has 3 aromatic heterocycles. The summed E-state index contributed by atoms with van der Waals surface area (Å²) in [5.74, 6) is -2.09. The lowest BCUT2D eigenvalue weighted by Crippen LogP contribution is -2.29. The molecule has 1 aromatic carbocycles. The van der Waals surface area contributed by atoms with Crippen LogP contribution < -0.4 is 11.1 Å². The van der Waals surface area contributed by atoms with E-state index in [4.69, 9.17) is 10.6 Å².